The average molecular weight is 231 g/mol. The summed E-state index contributed by atoms with van der Waals surface area (Å²) in [6.45, 7) is 1.97. The first-order valence-corrected chi connectivity index (χ1v) is 6.25. The zero-order valence-electron chi connectivity index (χ0n) is 8.71. The fourth-order valence-corrected chi connectivity index (χ4v) is 3.69. The molecule has 3 N–H and O–H groups in total. The maximum absolute atomic E-state index is 9.88. The summed E-state index contributed by atoms with van der Waals surface area (Å²) in [5, 5.41) is 30.0. The molecule has 1 saturated carbocycles. The van der Waals surface area contributed by atoms with E-state index >= 15 is 0 Å². The molecule has 2 aliphatic rings. The number of aliphatic imine (C=N–C) groups is 1. The van der Waals surface area contributed by atoms with Gasteiger partial charge in [0, 0.05) is 17.8 Å². The van der Waals surface area contributed by atoms with E-state index in [9.17, 15) is 10.2 Å². The van der Waals surface area contributed by atoms with E-state index in [2.05, 4.69) is 4.99 Å². The average Bonchev–Trinajstić information content (AvgIpc) is 2.66. The summed E-state index contributed by atoms with van der Waals surface area (Å²) in [6, 6.07) is -0.178. The van der Waals surface area contributed by atoms with E-state index in [4.69, 9.17) is 5.11 Å². The van der Waals surface area contributed by atoms with Crippen LogP contribution in [0.15, 0.2) is 4.99 Å². The topological polar surface area (TPSA) is 73.1 Å². The molecule has 1 fully saturated rings. The molecule has 86 valence electrons. The number of hydrogen-bond donors (Lipinski definition) is 3. The van der Waals surface area contributed by atoms with Crippen molar-refractivity contribution in [2.45, 2.75) is 43.3 Å². The molecule has 0 aromatic rings. The van der Waals surface area contributed by atoms with E-state index < -0.39 is 12.2 Å². The van der Waals surface area contributed by atoms with E-state index in [1.165, 1.54) is 0 Å². The van der Waals surface area contributed by atoms with Crippen molar-refractivity contribution in [1.29, 1.82) is 0 Å². The largest absolute Gasteiger partial charge is 0.396 e. The minimum atomic E-state index is -0.836. The second-order valence-electron chi connectivity index (χ2n) is 4.18. The Hall–Kier alpha value is -0.100. The van der Waals surface area contributed by atoms with E-state index in [0.717, 1.165) is 17.9 Å². The van der Waals surface area contributed by atoms with Crippen LogP contribution < -0.4 is 0 Å². The highest BCUT2D eigenvalue weighted by Gasteiger charge is 2.46. The Morgan fingerprint density at radius 3 is 2.73 bits per heavy atom. The lowest BCUT2D eigenvalue weighted by Crippen LogP contribution is -2.51. The molecule has 1 heterocycles. The first-order chi connectivity index (χ1) is 7.17. The lowest BCUT2D eigenvalue weighted by atomic mass is 9.81. The third-order valence-corrected chi connectivity index (χ3v) is 4.66. The van der Waals surface area contributed by atoms with Gasteiger partial charge in [-0.2, -0.15) is 0 Å². The quantitative estimate of drug-likeness (QED) is 0.626. The number of nitrogens with zero attached hydrogens (tertiary/aromatic N) is 1. The number of aliphatic hydroxyl groups excluding tert-OH is 3. The summed E-state index contributed by atoms with van der Waals surface area (Å²) < 4.78 is 0. The molecule has 0 unspecified atom stereocenters. The summed E-state index contributed by atoms with van der Waals surface area (Å²) in [7, 11) is 0. The molecule has 5 heteroatoms. The van der Waals surface area contributed by atoms with Crippen molar-refractivity contribution in [3.05, 3.63) is 0 Å². The van der Waals surface area contributed by atoms with Gasteiger partial charge in [-0.15, -0.1) is 11.8 Å². The van der Waals surface area contributed by atoms with Crippen LogP contribution in [0.2, 0.25) is 0 Å². The summed E-state index contributed by atoms with van der Waals surface area (Å²) in [4.78, 5) is 4.42. The molecule has 0 amide bonds. The summed E-state index contributed by atoms with van der Waals surface area (Å²) in [5.41, 5.74) is 0. The van der Waals surface area contributed by atoms with E-state index in [-0.39, 0.29) is 23.8 Å². The molecule has 2 rings (SSSR count). The second kappa shape index (κ2) is 4.41. The van der Waals surface area contributed by atoms with Gasteiger partial charge >= 0.3 is 0 Å². The normalized spacial score (nSPS) is 45.1. The monoisotopic (exact) mass is 231 g/mol. The van der Waals surface area contributed by atoms with Crippen LogP contribution in [0.4, 0.5) is 0 Å². The molecule has 0 radical (unpaired) electrons. The maximum Gasteiger partial charge on any atom is 0.104 e. The van der Waals surface area contributed by atoms with E-state index in [1.807, 2.05) is 6.92 Å². The summed E-state index contributed by atoms with van der Waals surface area (Å²) in [5.74, 6) is -0.208. The second-order valence-corrected chi connectivity index (χ2v) is 5.50. The van der Waals surface area contributed by atoms with Crippen LogP contribution in [0.5, 0.6) is 0 Å². The third kappa shape index (κ3) is 1.93. The lowest BCUT2D eigenvalue weighted by Gasteiger charge is -2.37. The number of aliphatic hydroxyl groups is 3. The zero-order valence-corrected chi connectivity index (χ0v) is 9.52. The van der Waals surface area contributed by atoms with Gasteiger partial charge in [-0.05, 0) is 12.8 Å². The van der Waals surface area contributed by atoms with E-state index in [0.29, 0.717) is 0 Å². The smallest absolute Gasteiger partial charge is 0.104 e. The van der Waals surface area contributed by atoms with Gasteiger partial charge in [-0.3, -0.25) is 4.99 Å². The van der Waals surface area contributed by atoms with Crippen molar-refractivity contribution in [2.75, 3.05) is 6.61 Å². The fourth-order valence-electron chi connectivity index (χ4n) is 2.28. The van der Waals surface area contributed by atoms with Crippen LogP contribution in [0.1, 0.15) is 19.8 Å². The zero-order chi connectivity index (χ0) is 11.0. The number of rotatable bonds is 2. The number of fused-ring (bicyclic) bond motifs is 1. The van der Waals surface area contributed by atoms with Crippen molar-refractivity contribution in [1.82, 2.24) is 0 Å². The third-order valence-electron chi connectivity index (χ3n) is 3.22. The Morgan fingerprint density at radius 1 is 1.40 bits per heavy atom. The predicted octanol–water partition coefficient (Wildman–Crippen LogP) is 0.0129. The van der Waals surface area contributed by atoms with Crippen LogP contribution >= 0.6 is 11.8 Å². The highest BCUT2D eigenvalue weighted by Crippen LogP contribution is 2.40. The van der Waals surface area contributed by atoms with Crippen LogP contribution in [0.25, 0.3) is 0 Å². The highest BCUT2D eigenvalue weighted by molar-refractivity contribution is 8.14. The van der Waals surface area contributed by atoms with Gasteiger partial charge in [0.1, 0.15) is 6.10 Å². The molecule has 0 aromatic carbocycles. The molecular weight excluding hydrogens is 214 g/mol. The van der Waals surface area contributed by atoms with Gasteiger partial charge in [0.2, 0.25) is 0 Å². The SMILES string of the molecule is CCC1=N[C@@H]2[C@@H](O)[C@H](O)[C@@H](CO)C[C@@H]2S1. The minimum absolute atomic E-state index is 0.0660. The lowest BCUT2D eigenvalue weighted by molar-refractivity contribution is -0.0646. The minimum Gasteiger partial charge on any atom is -0.396 e. The number of hydrogen-bond acceptors (Lipinski definition) is 5. The van der Waals surface area contributed by atoms with Crippen molar-refractivity contribution >= 4 is 16.8 Å². The molecule has 1 aliphatic carbocycles. The first kappa shape index (κ1) is 11.4. The Bertz CT molecular complexity index is 271. The van der Waals surface area contributed by atoms with Crippen LogP contribution in [0.3, 0.4) is 0 Å². The Balaban J connectivity index is 2.12. The fraction of sp³-hybridized carbons (Fsp3) is 0.900. The highest BCUT2D eigenvalue weighted by atomic mass is 32.2. The van der Waals surface area contributed by atoms with E-state index in [1.54, 1.807) is 11.8 Å². The first-order valence-electron chi connectivity index (χ1n) is 5.37. The van der Waals surface area contributed by atoms with Crippen LogP contribution in [-0.4, -0.2) is 50.5 Å². The standard InChI is InChI=1S/C10H17NO3S/c1-2-7-11-8-6(15-7)3-5(4-12)9(13)10(8)14/h5-6,8-10,12-14H,2-4H2,1H3/t5-,6+,8+,9-,10-/m1/s1. The molecular formula is C10H17NO3S. The van der Waals surface area contributed by atoms with Crippen molar-refractivity contribution in [3.8, 4) is 0 Å². The molecule has 1 aliphatic heterocycles. The van der Waals surface area contributed by atoms with Gasteiger partial charge in [-0.1, -0.05) is 6.92 Å². The maximum atomic E-state index is 9.88. The van der Waals surface area contributed by atoms with Gasteiger partial charge in [0.05, 0.1) is 17.2 Å². The summed E-state index contributed by atoms with van der Waals surface area (Å²) in [6.07, 6.45) is -0.0457. The number of thioether (sulfide) groups is 1. The van der Waals surface area contributed by atoms with Gasteiger partial charge in [0.15, 0.2) is 0 Å². The molecule has 0 spiro atoms. The summed E-state index contributed by atoms with van der Waals surface area (Å²) >= 11 is 1.69. The van der Waals surface area contributed by atoms with Crippen LogP contribution in [0, 0.1) is 5.92 Å². The van der Waals surface area contributed by atoms with Gasteiger partial charge in [-0.25, -0.2) is 0 Å². The molecule has 0 bridgehead atoms. The van der Waals surface area contributed by atoms with Crippen molar-refractivity contribution in [3.63, 3.8) is 0 Å². The molecule has 0 saturated heterocycles. The Morgan fingerprint density at radius 2 is 2.13 bits per heavy atom. The molecule has 4 nitrogen and oxygen atoms in total. The molecule has 15 heavy (non-hydrogen) atoms. The van der Waals surface area contributed by atoms with Gasteiger partial charge < -0.3 is 15.3 Å². The predicted molar refractivity (Wildman–Crippen MR) is 60.1 cm³/mol. The van der Waals surface area contributed by atoms with Crippen molar-refractivity contribution < 1.29 is 15.3 Å². The molecule has 0 aromatic heterocycles. The Kier molecular flexibility index (Phi) is 3.35. The van der Waals surface area contributed by atoms with Gasteiger partial charge in [0.25, 0.3) is 0 Å². The molecule has 5 atom stereocenters. The van der Waals surface area contributed by atoms with Crippen LogP contribution in [-0.2, 0) is 0 Å². The van der Waals surface area contributed by atoms with Crippen molar-refractivity contribution in [2.24, 2.45) is 10.9 Å². The Labute approximate surface area is 93.4 Å².